The molecule has 0 bridgehead atoms. The van der Waals surface area contributed by atoms with Gasteiger partial charge in [-0.1, -0.05) is 110 Å². The molecule has 6 rings (SSSR count). The average Bonchev–Trinajstić information content (AvgIpc) is 3.45. The van der Waals surface area contributed by atoms with Crippen LogP contribution in [-0.2, 0) is 37.1 Å². The molecule has 0 spiro atoms. The minimum absolute atomic E-state index is 0.0316. The van der Waals surface area contributed by atoms with Crippen LogP contribution in [0.15, 0.2) is 103 Å². The Balaban J connectivity index is 1.07. The number of fused-ring (bicyclic) bond motifs is 3. The normalized spacial score (nSPS) is 15.5. The monoisotopic (exact) mass is 648 g/mol. The highest BCUT2D eigenvalue weighted by molar-refractivity contribution is 5.83. The van der Waals surface area contributed by atoms with E-state index in [1.54, 1.807) is 24.3 Å². The van der Waals surface area contributed by atoms with Gasteiger partial charge in [-0.2, -0.15) is 0 Å². The number of nitrogens with one attached hydrogen (secondary N) is 1. The van der Waals surface area contributed by atoms with Crippen molar-refractivity contribution in [3.05, 3.63) is 125 Å². The van der Waals surface area contributed by atoms with Crippen LogP contribution in [0.2, 0.25) is 0 Å². The molecular formula is C39H40N2O7. The van der Waals surface area contributed by atoms with E-state index in [0.717, 1.165) is 47.1 Å². The van der Waals surface area contributed by atoms with E-state index in [0.29, 0.717) is 37.2 Å². The first kappa shape index (κ1) is 32.9. The summed E-state index contributed by atoms with van der Waals surface area (Å²) < 4.78 is 5.83. The second-order valence-electron chi connectivity index (χ2n) is 12.5. The van der Waals surface area contributed by atoms with Crippen molar-refractivity contribution in [2.75, 3.05) is 13.2 Å². The summed E-state index contributed by atoms with van der Waals surface area (Å²) in [5, 5.41) is 11.1. The Morgan fingerprint density at radius 3 is 2.08 bits per heavy atom. The Morgan fingerprint density at radius 2 is 1.46 bits per heavy atom. The summed E-state index contributed by atoms with van der Waals surface area (Å²) in [6.45, 7) is 0.686. The van der Waals surface area contributed by atoms with Crippen molar-refractivity contribution in [3.8, 4) is 16.9 Å². The number of rotatable bonds is 15. The first-order chi connectivity index (χ1) is 23.5. The van der Waals surface area contributed by atoms with Gasteiger partial charge in [0, 0.05) is 12.3 Å². The maximum atomic E-state index is 13.7. The van der Waals surface area contributed by atoms with E-state index < -0.39 is 23.4 Å². The van der Waals surface area contributed by atoms with Gasteiger partial charge in [-0.05, 0) is 58.4 Å². The van der Waals surface area contributed by atoms with Gasteiger partial charge in [0.25, 0.3) is 5.91 Å². The molecule has 1 unspecified atom stereocenters. The molecule has 48 heavy (non-hydrogen) atoms. The third-order valence-electron chi connectivity index (χ3n) is 9.40. The van der Waals surface area contributed by atoms with E-state index >= 15 is 0 Å². The zero-order chi connectivity index (χ0) is 33.3. The van der Waals surface area contributed by atoms with Crippen molar-refractivity contribution in [1.29, 1.82) is 0 Å². The first-order valence-corrected chi connectivity index (χ1v) is 16.4. The number of hydroxylamine groups is 3. The van der Waals surface area contributed by atoms with E-state index in [1.807, 2.05) is 54.6 Å². The summed E-state index contributed by atoms with van der Waals surface area (Å²) in [5.41, 5.74) is 7.81. The van der Waals surface area contributed by atoms with Gasteiger partial charge in [0.2, 0.25) is 6.41 Å². The van der Waals surface area contributed by atoms with Crippen molar-refractivity contribution in [2.24, 2.45) is 5.41 Å². The van der Waals surface area contributed by atoms with Crippen LogP contribution in [-0.4, -0.2) is 47.7 Å². The Bertz CT molecular complexity index is 1660. The predicted octanol–water partition coefficient (Wildman–Crippen LogP) is 6.46. The van der Waals surface area contributed by atoms with Gasteiger partial charge < -0.3 is 9.84 Å². The largest absolute Gasteiger partial charge is 0.489 e. The molecule has 4 aromatic rings. The smallest absolute Gasteiger partial charge is 0.335 e. The topological polar surface area (TPSA) is 114 Å². The zero-order valence-electron chi connectivity index (χ0n) is 26.8. The number of carbonyl (C=O) groups is 3. The van der Waals surface area contributed by atoms with E-state index in [2.05, 4.69) is 29.7 Å². The molecule has 0 heterocycles. The highest BCUT2D eigenvalue weighted by Crippen LogP contribution is 2.45. The summed E-state index contributed by atoms with van der Waals surface area (Å²) in [6.07, 6.45) is 2.94. The molecule has 0 aromatic heterocycles. The van der Waals surface area contributed by atoms with E-state index in [-0.39, 0.29) is 25.5 Å². The fourth-order valence-electron chi connectivity index (χ4n) is 6.80. The Morgan fingerprint density at radius 1 is 0.833 bits per heavy atom. The van der Waals surface area contributed by atoms with Crippen molar-refractivity contribution >= 4 is 18.3 Å². The van der Waals surface area contributed by atoms with Gasteiger partial charge in [-0.15, -0.1) is 0 Å². The molecule has 0 saturated heterocycles. The molecule has 1 fully saturated rings. The molecule has 9 nitrogen and oxygen atoms in total. The quantitative estimate of drug-likeness (QED) is 0.112. The van der Waals surface area contributed by atoms with Gasteiger partial charge in [-0.25, -0.2) is 15.3 Å². The Hall–Kier alpha value is -4.99. The number of carbonyl (C=O) groups excluding carboxylic acids is 2. The van der Waals surface area contributed by atoms with Crippen LogP contribution in [0.3, 0.4) is 0 Å². The number of hydrogen-bond acceptors (Lipinski definition) is 6. The number of ether oxygens (including phenoxy) is 1. The van der Waals surface area contributed by atoms with Crippen LogP contribution in [0, 0.1) is 5.41 Å². The van der Waals surface area contributed by atoms with Gasteiger partial charge >= 0.3 is 5.97 Å². The Kier molecular flexibility index (Phi) is 10.5. The van der Waals surface area contributed by atoms with Crippen LogP contribution < -0.4 is 10.2 Å². The van der Waals surface area contributed by atoms with E-state index in [1.165, 1.54) is 5.06 Å². The lowest BCUT2D eigenvalue weighted by atomic mass is 9.73. The lowest BCUT2D eigenvalue weighted by Gasteiger charge is -2.38. The molecule has 0 radical (unpaired) electrons. The first-order valence-electron chi connectivity index (χ1n) is 16.4. The average molecular weight is 649 g/mol. The van der Waals surface area contributed by atoms with Gasteiger partial charge in [0.1, 0.15) is 12.4 Å². The lowest BCUT2D eigenvalue weighted by molar-refractivity contribution is -0.190. The molecule has 2 amide bonds. The second-order valence-corrected chi connectivity index (χ2v) is 12.5. The molecule has 248 valence electrons. The maximum absolute atomic E-state index is 13.7. The molecule has 4 aromatic carbocycles. The predicted molar refractivity (Wildman–Crippen MR) is 180 cm³/mol. The molecule has 1 atom stereocenters. The minimum Gasteiger partial charge on any atom is -0.489 e. The van der Waals surface area contributed by atoms with Crippen LogP contribution in [0.4, 0.5) is 0 Å². The standard InChI is InChI=1S/C39H40N2O7/c42-27-41(47-25-35-33-15-7-5-13-31(33)32-14-6-8-16-34(32)35)26-39(21-9-2-10-22-39)38(45)40-48-36(37(43)44)23-28-17-19-30(20-18-28)46-24-29-11-3-1-4-12-29/h1,3-8,11-20,27,35-36H,2,9-10,21-26H2,(H,40,45)(H,43,44). The van der Waals surface area contributed by atoms with Crippen molar-refractivity contribution < 1.29 is 33.9 Å². The molecule has 2 N–H and O–H groups in total. The van der Waals surface area contributed by atoms with E-state index in [9.17, 15) is 19.5 Å². The summed E-state index contributed by atoms with van der Waals surface area (Å²) in [7, 11) is 0. The summed E-state index contributed by atoms with van der Waals surface area (Å²) in [5.74, 6) is -1.05. The highest BCUT2D eigenvalue weighted by atomic mass is 16.7. The van der Waals surface area contributed by atoms with Crippen LogP contribution >= 0.6 is 0 Å². The fourth-order valence-corrected chi connectivity index (χ4v) is 6.80. The van der Waals surface area contributed by atoms with E-state index in [4.69, 9.17) is 14.4 Å². The van der Waals surface area contributed by atoms with Crippen LogP contribution in [0.25, 0.3) is 11.1 Å². The number of benzene rings is 4. The Labute approximate surface area is 280 Å². The van der Waals surface area contributed by atoms with Crippen LogP contribution in [0.1, 0.15) is 60.3 Å². The molecule has 1 saturated carbocycles. The van der Waals surface area contributed by atoms with Crippen molar-refractivity contribution in [2.45, 2.75) is 57.2 Å². The summed E-state index contributed by atoms with van der Waals surface area (Å²) >= 11 is 0. The minimum atomic E-state index is -1.31. The number of hydrogen-bond donors (Lipinski definition) is 2. The summed E-state index contributed by atoms with van der Waals surface area (Å²) in [4.78, 5) is 49.8. The van der Waals surface area contributed by atoms with Gasteiger partial charge in [-0.3, -0.25) is 19.3 Å². The van der Waals surface area contributed by atoms with Crippen LogP contribution in [0.5, 0.6) is 5.75 Å². The lowest BCUT2D eigenvalue weighted by Crippen LogP contribution is -2.50. The number of amides is 2. The van der Waals surface area contributed by atoms with Crippen molar-refractivity contribution in [1.82, 2.24) is 10.5 Å². The second kappa shape index (κ2) is 15.3. The SMILES string of the molecule is O=CN(CC1(C(=O)NOC(Cc2ccc(OCc3ccccc3)cc2)C(=O)O)CCCCC1)OCC1c2ccccc2-c2ccccc21. The maximum Gasteiger partial charge on any atom is 0.335 e. The number of nitrogens with zero attached hydrogens (tertiary/aromatic N) is 1. The molecule has 9 heteroatoms. The number of carboxylic acid groups (broad SMARTS) is 1. The molecule has 2 aliphatic carbocycles. The third kappa shape index (κ3) is 7.59. The zero-order valence-corrected chi connectivity index (χ0v) is 26.8. The fraction of sp³-hybridized carbons (Fsp3) is 0.308. The summed E-state index contributed by atoms with van der Waals surface area (Å²) in [6, 6.07) is 33.3. The number of carboxylic acids is 1. The molecule has 0 aliphatic heterocycles. The van der Waals surface area contributed by atoms with Crippen molar-refractivity contribution in [3.63, 3.8) is 0 Å². The van der Waals surface area contributed by atoms with Gasteiger partial charge in [0.05, 0.1) is 18.6 Å². The molecule has 2 aliphatic rings. The highest BCUT2D eigenvalue weighted by Gasteiger charge is 2.42. The number of aliphatic carboxylic acids is 1. The van der Waals surface area contributed by atoms with Gasteiger partial charge in [0.15, 0.2) is 6.10 Å². The third-order valence-corrected chi connectivity index (χ3v) is 9.40. The molecular weight excluding hydrogens is 608 g/mol.